The van der Waals surface area contributed by atoms with Gasteiger partial charge in [-0.2, -0.15) is 4.98 Å². The molecule has 9 nitrogen and oxygen atoms in total. The summed E-state index contributed by atoms with van der Waals surface area (Å²) in [5.41, 5.74) is 3.76. The Morgan fingerprint density at radius 1 is 1.00 bits per heavy atom. The van der Waals surface area contributed by atoms with Gasteiger partial charge in [-0.15, -0.1) is 0 Å². The van der Waals surface area contributed by atoms with E-state index in [2.05, 4.69) is 28.1 Å². The number of nitrogens with one attached hydrogen (secondary N) is 1. The molecule has 0 spiro atoms. The van der Waals surface area contributed by atoms with Gasteiger partial charge in [0.25, 0.3) is 11.5 Å². The number of nitrogens with zero attached hydrogens (tertiary/aromatic N) is 5. The Hall–Kier alpha value is -4.14. The molecule has 0 unspecified atom stereocenters. The number of aryl methyl sites for hydroxylation is 3. The zero-order valence-corrected chi connectivity index (χ0v) is 20.1. The summed E-state index contributed by atoms with van der Waals surface area (Å²) in [6.45, 7) is 6.74. The number of anilines is 1. The number of hydrogen-bond acceptors (Lipinski definition) is 5. The molecule has 1 aliphatic rings. The Morgan fingerprint density at radius 2 is 1.71 bits per heavy atom. The molecule has 0 aliphatic carbocycles. The summed E-state index contributed by atoms with van der Waals surface area (Å²) in [6.07, 6.45) is 0. The first-order chi connectivity index (χ1) is 16.8. The molecule has 1 fully saturated rings. The van der Waals surface area contributed by atoms with E-state index < -0.39 is 11.2 Å². The number of H-pyrrole nitrogens is 1. The largest absolute Gasteiger partial charge is 0.339 e. The van der Waals surface area contributed by atoms with Gasteiger partial charge in [0.1, 0.15) is 0 Å². The fourth-order valence-corrected chi connectivity index (χ4v) is 4.63. The lowest BCUT2D eigenvalue weighted by Crippen LogP contribution is -2.49. The maximum atomic E-state index is 12.9. The number of imidazole rings is 1. The van der Waals surface area contributed by atoms with Crippen molar-refractivity contribution >= 4 is 23.0 Å². The van der Waals surface area contributed by atoms with Crippen molar-refractivity contribution in [2.24, 2.45) is 7.05 Å². The molecule has 4 aromatic rings. The monoisotopic (exact) mass is 472 g/mol. The molecule has 180 valence electrons. The standard InChI is InChI=1S/C26H28N6O3/c1-17-9-10-18(2)20(15-17)16-32-21-22(29(3)26(35)28-23(21)33)27-25(32)31-13-11-30(12-14-31)24(34)19-7-5-4-6-8-19/h4-10,15H,11-14,16H2,1-3H3,(H,28,33,35). The molecular formula is C26H28N6O3. The minimum Gasteiger partial charge on any atom is -0.339 e. The van der Waals surface area contributed by atoms with Gasteiger partial charge < -0.3 is 9.80 Å². The van der Waals surface area contributed by atoms with Crippen LogP contribution in [0.25, 0.3) is 11.2 Å². The van der Waals surface area contributed by atoms with E-state index in [0.29, 0.717) is 55.4 Å². The molecule has 0 atom stereocenters. The molecule has 1 N–H and O–H groups in total. The van der Waals surface area contributed by atoms with Crippen LogP contribution in [0.5, 0.6) is 0 Å². The van der Waals surface area contributed by atoms with Crippen LogP contribution in [0, 0.1) is 13.8 Å². The smallest absolute Gasteiger partial charge is 0.329 e. The van der Waals surface area contributed by atoms with E-state index in [-0.39, 0.29) is 5.91 Å². The molecule has 0 saturated carbocycles. The Labute approximate surface area is 202 Å². The Bertz CT molecular complexity index is 1520. The average molecular weight is 473 g/mol. The lowest BCUT2D eigenvalue weighted by molar-refractivity contribution is 0.0746. The number of carbonyl (C=O) groups excluding carboxylic acids is 1. The Morgan fingerprint density at radius 3 is 2.43 bits per heavy atom. The number of amides is 1. The average Bonchev–Trinajstić information content (AvgIpc) is 3.25. The number of aromatic amines is 1. The number of benzene rings is 2. The number of piperazine rings is 1. The predicted molar refractivity (Wildman–Crippen MR) is 135 cm³/mol. The highest BCUT2D eigenvalue weighted by molar-refractivity contribution is 5.94. The summed E-state index contributed by atoms with van der Waals surface area (Å²) in [6, 6.07) is 15.5. The van der Waals surface area contributed by atoms with Crippen LogP contribution < -0.4 is 16.1 Å². The van der Waals surface area contributed by atoms with Gasteiger partial charge in [-0.05, 0) is 37.1 Å². The van der Waals surface area contributed by atoms with Crippen molar-refractivity contribution in [1.82, 2.24) is 24.0 Å². The second kappa shape index (κ2) is 8.90. The summed E-state index contributed by atoms with van der Waals surface area (Å²) >= 11 is 0. The molecule has 9 heteroatoms. The van der Waals surface area contributed by atoms with Crippen molar-refractivity contribution in [3.05, 3.63) is 91.6 Å². The maximum absolute atomic E-state index is 12.9. The van der Waals surface area contributed by atoms with E-state index in [1.54, 1.807) is 7.05 Å². The van der Waals surface area contributed by atoms with Gasteiger partial charge in [0.15, 0.2) is 11.2 Å². The van der Waals surface area contributed by atoms with Gasteiger partial charge in [0.2, 0.25) is 5.95 Å². The van der Waals surface area contributed by atoms with Crippen LogP contribution in [0.2, 0.25) is 0 Å². The number of aromatic nitrogens is 4. The minimum absolute atomic E-state index is 0.00739. The van der Waals surface area contributed by atoms with E-state index >= 15 is 0 Å². The number of carbonyl (C=O) groups is 1. The molecule has 3 heterocycles. The van der Waals surface area contributed by atoms with Crippen LogP contribution in [-0.2, 0) is 13.6 Å². The van der Waals surface area contributed by atoms with Gasteiger partial charge in [-0.1, -0.05) is 42.0 Å². The molecular weight excluding hydrogens is 444 g/mol. The zero-order chi connectivity index (χ0) is 24.7. The normalized spacial score (nSPS) is 14.0. The molecule has 1 saturated heterocycles. The molecule has 1 amide bonds. The highest BCUT2D eigenvalue weighted by atomic mass is 16.2. The SMILES string of the molecule is Cc1ccc(C)c(Cn2c(N3CCN(C(=O)c4ccccc4)CC3)nc3c2c(=O)[nH]c(=O)n3C)c1. The first-order valence-corrected chi connectivity index (χ1v) is 11.7. The maximum Gasteiger partial charge on any atom is 0.329 e. The van der Waals surface area contributed by atoms with Crippen molar-refractivity contribution in [2.75, 3.05) is 31.1 Å². The number of fused-ring (bicyclic) bond motifs is 1. The molecule has 2 aromatic carbocycles. The summed E-state index contributed by atoms with van der Waals surface area (Å²) in [7, 11) is 1.61. The Balaban J connectivity index is 1.52. The second-order valence-electron chi connectivity index (χ2n) is 9.06. The minimum atomic E-state index is -0.497. The molecule has 0 radical (unpaired) electrons. The van der Waals surface area contributed by atoms with Gasteiger partial charge in [-0.25, -0.2) is 4.79 Å². The van der Waals surface area contributed by atoms with Crippen molar-refractivity contribution in [3.63, 3.8) is 0 Å². The van der Waals surface area contributed by atoms with Crippen LogP contribution in [-0.4, -0.2) is 56.1 Å². The van der Waals surface area contributed by atoms with Gasteiger partial charge >= 0.3 is 5.69 Å². The number of hydrogen-bond donors (Lipinski definition) is 1. The quantitative estimate of drug-likeness (QED) is 0.491. The third-order valence-electron chi connectivity index (χ3n) is 6.69. The predicted octanol–water partition coefficient (Wildman–Crippen LogP) is 2.05. The van der Waals surface area contributed by atoms with E-state index in [9.17, 15) is 14.4 Å². The first kappa shape index (κ1) is 22.6. The van der Waals surface area contributed by atoms with Gasteiger partial charge in [0, 0.05) is 38.8 Å². The van der Waals surface area contributed by atoms with Crippen LogP contribution >= 0.6 is 0 Å². The highest BCUT2D eigenvalue weighted by Crippen LogP contribution is 2.24. The van der Waals surface area contributed by atoms with Crippen molar-refractivity contribution in [3.8, 4) is 0 Å². The van der Waals surface area contributed by atoms with Crippen LogP contribution in [0.1, 0.15) is 27.0 Å². The van der Waals surface area contributed by atoms with Gasteiger partial charge in [-0.3, -0.25) is 23.7 Å². The third-order valence-corrected chi connectivity index (χ3v) is 6.69. The number of rotatable bonds is 4. The summed E-state index contributed by atoms with van der Waals surface area (Å²) < 4.78 is 3.26. The third kappa shape index (κ3) is 4.14. The topological polar surface area (TPSA) is 96.2 Å². The molecule has 5 rings (SSSR count). The van der Waals surface area contributed by atoms with E-state index in [1.807, 2.05) is 53.6 Å². The Kier molecular flexibility index (Phi) is 5.76. The van der Waals surface area contributed by atoms with E-state index in [0.717, 1.165) is 16.7 Å². The molecule has 1 aliphatic heterocycles. The van der Waals surface area contributed by atoms with E-state index in [4.69, 9.17) is 4.98 Å². The summed E-state index contributed by atoms with van der Waals surface area (Å²) in [4.78, 5) is 49.2. The molecule has 35 heavy (non-hydrogen) atoms. The van der Waals surface area contributed by atoms with Crippen LogP contribution in [0.4, 0.5) is 5.95 Å². The van der Waals surface area contributed by atoms with E-state index in [1.165, 1.54) is 4.57 Å². The lowest BCUT2D eigenvalue weighted by atomic mass is 10.1. The molecule has 0 bridgehead atoms. The van der Waals surface area contributed by atoms with Crippen LogP contribution in [0.3, 0.4) is 0 Å². The lowest BCUT2D eigenvalue weighted by Gasteiger charge is -2.35. The van der Waals surface area contributed by atoms with Gasteiger partial charge in [0.05, 0.1) is 6.54 Å². The molecule has 2 aromatic heterocycles. The zero-order valence-electron chi connectivity index (χ0n) is 20.1. The first-order valence-electron chi connectivity index (χ1n) is 11.7. The fourth-order valence-electron chi connectivity index (χ4n) is 4.63. The van der Waals surface area contributed by atoms with Crippen molar-refractivity contribution in [1.29, 1.82) is 0 Å². The highest BCUT2D eigenvalue weighted by Gasteiger charge is 2.27. The second-order valence-corrected chi connectivity index (χ2v) is 9.06. The van der Waals surface area contributed by atoms with Crippen molar-refractivity contribution < 1.29 is 4.79 Å². The van der Waals surface area contributed by atoms with Crippen molar-refractivity contribution in [2.45, 2.75) is 20.4 Å². The fraction of sp³-hybridized carbons (Fsp3) is 0.308. The summed E-state index contributed by atoms with van der Waals surface area (Å²) in [5.74, 6) is 0.632. The van der Waals surface area contributed by atoms with Crippen LogP contribution in [0.15, 0.2) is 58.1 Å². The summed E-state index contributed by atoms with van der Waals surface area (Å²) in [5, 5.41) is 0.